The molecule has 0 heterocycles. The minimum atomic E-state index is 0.280. The number of amides is 1. The molecule has 0 saturated heterocycles. The minimum absolute atomic E-state index is 0.280. The molecule has 0 unspecified atom stereocenters. The maximum Gasteiger partial charge on any atom is 0.210 e. The van der Waals surface area contributed by atoms with Gasteiger partial charge in [-0.25, -0.2) is 0 Å². The fraction of sp³-hybridized carbons (Fsp3) is 0.833. The van der Waals surface area contributed by atoms with Crippen LogP contribution in [0.15, 0.2) is 0 Å². The van der Waals surface area contributed by atoms with Crippen molar-refractivity contribution in [1.82, 2.24) is 9.80 Å². The molecular weight excluding hydrogens is 234 g/mol. The van der Waals surface area contributed by atoms with Crippen LogP contribution in [0.1, 0.15) is 39.5 Å². The minimum Gasteiger partial charge on any atom is -0.376 e. The molecule has 17 heavy (non-hydrogen) atoms. The van der Waals surface area contributed by atoms with Gasteiger partial charge in [0.05, 0.1) is 0 Å². The molecule has 1 aliphatic rings. The monoisotopic (exact) mass is 257 g/mol. The van der Waals surface area contributed by atoms with E-state index in [9.17, 15) is 4.79 Å². The molecule has 1 aliphatic carbocycles. The highest BCUT2D eigenvalue weighted by molar-refractivity contribution is 7.80. The molecule has 0 aliphatic heterocycles. The van der Waals surface area contributed by atoms with Crippen molar-refractivity contribution >= 4 is 23.7 Å². The van der Waals surface area contributed by atoms with Crippen molar-refractivity contribution in [3.63, 3.8) is 0 Å². The molecule has 4 nitrogen and oxygen atoms in total. The van der Waals surface area contributed by atoms with E-state index >= 15 is 0 Å². The average Bonchev–Trinajstić information content (AvgIpc) is 2.29. The zero-order valence-electron chi connectivity index (χ0n) is 10.9. The van der Waals surface area contributed by atoms with Gasteiger partial charge in [-0.3, -0.25) is 4.79 Å². The second kappa shape index (κ2) is 6.19. The first kappa shape index (κ1) is 14.2. The van der Waals surface area contributed by atoms with Crippen LogP contribution >= 0.6 is 12.2 Å². The molecule has 1 rings (SSSR count). The van der Waals surface area contributed by atoms with E-state index in [1.807, 2.05) is 16.8 Å². The average molecular weight is 257 g/mol. The van der Waals surface area contributed by atoms with E-state index in [1.165, 1.54) is 0 Å². The third kappa shape index (κ3) is 3.56. The van der Waals surface area contributed by atoms with Crippen LogP contribution in [0.4, 0.5) is 0 Å². The number of carbonyl (C=O) groups is 1. The molecule has 1 saturated carbocycles. The van der Waals surface area contributed by atoms with E-state index < -0.39 is 0 Å². The Bertz CT molecular complexity index is 275. The summed E-state index contributed by atoms with van der Waals surface area (Å²) in [6.07, 6.45) is 5.15. The Hall–Kier alpha value is -0.840. The van der Waals surface area contributed by atoms with Gasteiger partial charge >= 0.3 is 0 Å². The maximum absolute atomic E-state index is 11.0. The first-order valence-corrected chi connectivity index (χ1v) is 6.63. The highest BCUT2D eigenvalue weighted by atomic mass is 32.1. The van der Waals surface area contributed by atoms with Gasteiger partial charge in [-0.1, -0.05) is 0 Å². The summed E-state index contributed by atoms with van der Waals surface area (Å²) in [5, 5.41) is 0.463. The van der Waals surface area contributed by atoms with Crippen molar-refractivity contribution in [2.45, 2.75) is 57.7 Å². The van der Waals surface area contributed by atoms with Crippen molar-refractivity contribution in [3.05, 3.63) is 0 Å². The largest absolute Gasteiger partial charge is 0.376 e. The Labute approximate surface area is 109 Å². The van der Waals surface area contributed by atoms with Gasteiger partial charge < -0.3 is 15.5 Å². The SMILES string of the molecule is CC(C)N(C=O)C1CCC(N(C)C(N)=S)CC1. The van der Waals surface area contributed by atoms with Crippen LogP contribution < -0.4 is 5.73 Å². The lowest BCUT2D eigenvalue weighted by atomic mass is 9.89. The molecule has 0 bridgehead atoms. The summed E-state index contributed by atoms with van der Waals surface area (Å²) < 4.78 is 0. The molecule has 0 aromatic carbocycles. The Balaban J connectivity index is 2.50. The maximum atomic E-state index is 11.0. The van der Waals surface area contributed by atoms with Gasteiger partial charge in [0.25, 0.3) is 0 Å². The summed E-state index contributed by atoms with van der Waals surface area (Å²) in [4.78, 5) is 15.0. The lowest BCUT2D eigenvalue weighted by Crippen LogP contribution is -2.47. The summed E-state index contributed by atoms with van der Waals surface area (Å²) in [7, 11) is 1.95. The lowest BCUT2D eigenvalue weighted by Gasteiger charge is -2.39. The van der Waals surface area contributed by atoms with Crippen LogP contribution in [0, 0.1) is 0 Å². The molecule has 2 N–H and O–H groups in total. The first-order valence-electron chi connectivity index (χ1n) is 6.22. The van der Waals surface area contributed by atoms with Crippen molar-refractivity contribution in [3.8, 4) is 0 Å². The molecule has 1 fully saturated rings. The van der Waals surface area contributed by atoms with Crippen LogP contribution in [0.5, 0.6) is 0 Å². The molecular formula is C12H23N3OS. The van der Waals surface area contributed by atoms with Crippen molar-refractivity contribution in [1.29, 1.82) is 0 Å². The second-order valence-corrected chi connectivity index (χ2v) is 5.48. The number of hydrogen-bond donors (Lipinski definition) is 1. The van der Waals surface area contributed by atoms with Crippen LogP contribution in [-0.2, 0) is 4.79 Å². The molecule has 0 radical (unpaired) electrons. The zero-order chi connectivity index (χ0) is 13.0. The first-order chi connectivity index (χ1) is 7.97. The summed E-state index contributed by atoms with van der Waals surface area (Å²) in [6.45, 7) is 4.11. The molecule has 0 atom stereocenters. The second-order valence-electron chi connectivity index (χ2n) is 5.06. The predicted octanol–water partition coefficient (Wildman–Crippen LogP) is 1.34. The van der Waals surface area contributed by atoms with Crippen molar-refractivity contribution < 1.29 is 4.79 Å². The molecule has 5 heteroatoms. The van der Waals surface area contributed by atoms with Crippen LogP contribution in [0.2, 0.25) is 0 Å². The topological polar surface area (TPSA) is 49.6 Å². The summed E-state index contributed by atoms with van der Waals surface area (Å²) in [5.74, 6) is 0. The van der Waals surface area contributed by atoms with E-state index in [4.69, 9.17) is 18.0 Å². The summed E-state index contributed by atoms with van der Waals surface area (Å²) >= 11 is 4.98. The van der Waals surface area contributed by atoms with Gasteiger partial charge in [-0.05, 0) is 51.7 Å². The number of nitrogens with zero attached hydrogens (tertiary/aromatic N) is 2. The highest BCUT2D eigenvalue weighted by Crippen LogP contribution is 2.26. The van der Waals surface area contributed by atoms with Crippen LogP contribution in [0.3, 0.4) is 0 Å². The predicted molar refractivity (Wildman–Crippen MR) is 73.6 cm³/mol. The van der Waals surface area contributed by atoms with Crippen molar-refractivity contribution in [2.75, 3.05) is 7.05 Å². The zero-order valence-corrected chi connectivity index (χ0v) is 11.7. The van der Waals surface area contributed by atoms with Crippen molar-refractivity contribution in [2.24, 2.45) is 5.73 Å². The molecule has 0 aromatic rings. The number of hydrogen-bond acceptors (Lipinski definition) is 2. The number of thiocarbonyl (C=S) groups is 1. The quantitative estimate of drug-likeness (QED) is 0.610. The molecule has 1 amide bonds. The fourth-order valence-electron chi connectivity index (χ4n) is 2.55. The Morgan fingerprint density at radius 2 is 1.76 bits per heavy atom. The van der Waals surface area contributed by atoms with E-state index in [0.29, 0.717) is 17.2 Å². The summed E-state index contributed by atoms with van der Waals surface area (Å²) in [5.41, 5.74) is 5.63. The molecule has 98 valence electrons. The third-order valence-electron chi connectivity index (χ3n) is 3.70. The van der Waals surface area contributed by atoms with Gasteiger partial charge in [0.2, 0.25) is 6.41 Å². The van der Waals surface area contributed by atoms with Gasteiger partial charge in [-0.2, -0.15) is 0 Å². The van der Waals surface area contributed by atoms with Gasteiger partial charge in [-0.15, -0.1) is 0 Å². The fourth-order valence-corrected chi connectivity index (χ4v) is 2.70. The summed E-state index contributed by atoms with van der Waals surface area (Å²) in [6, 6.07) is 1.09. The normalized spacial score (nSPS) is 24.5. The number of nitrogens with two attached hydrogens (primary N) is 1. The highest BCUT2D eigenvalue weighted by Gasteiger charge is 2.28. The lowest BCUT2D eigenvalue weighted by molar-refractivity contribution is -0.122. The standard InChI is InChI=1S/C12H23N3OS/c1-9(2)15(8-16)11-6-4-10(5-7-11)14(3)12(13)17/h8-11H,4-7H2,1-3H3,(H2,13,17). The number of carbonyl (C=O) groups excluding carboxylic acids is 1. The van der Waals surface area contributed by atoms with Crippen LogP contribution in [0.25, 0.3) is 0 Å². The van der Waals surface area contributed by atoms with E-state index in [2.05, 4.69) is 13.8 Å². The Morgan fingerprint density at radius 1 is 1.29 bits per heavy atom. The van der Waals surface area contributed by atoms with Gasteiger partial charge in [0.1, 0.15) is 0 Å². The number of rotatable bonds is 4. The van der Waals surface area contributed by atoms with E-state index in [0.717, 1.165) is 32.1 Å². The molecule has 0 spiro atoms. The van der Waals surface area contributed by atoms with E-state index in [1.54, 1.807) is 0 Å². The smallest absolute Gasteiger partial charge is 0.210 e. The Kier molecular flexibility index (Phi) is 5.18. The van der Waals surface area contributed by atoms with Gasteiger partial charge in [0.15, 0.2) is 5.11 Å². The molecule has 0 aromatic heterocycles. The van der Waals surface area contributed by atoms with Crippen LogP contribution in [-0.4, -0.2) is 46.5 Å². The third-order valence-corrected chi connectivity index (χ3v) is 3.99. The van der Waals surface area contributed by atoms with E-state index in [-0.39, 0.29) is 6.04 Å². The van der Waals surface area contributed by atoms with Gasteiger partial charge in [0, 0.05) is 25.2 Å². The Morgan fingerprint density at radius 3 is 2.12 bits per heavy atom.